The highest BCUT2D eigenvalue weighted by Crippen LogP contribution is 2.28. The van der Waals surface area contributed by atoms with Crippen LogP contribution in [-0.4, -0.2) is 35.1 Å². The summed E-state index contributed by atoms with van der Waals surface area (Å²) in [6.07, 6.45) is 7.27. The second kappa shape index (κ2) is 4.97. The molecule has 1 amide bonds. The fourth-order valence-corrected chi connectivity index (χ4v) is 2.77. The maximum absolute atomic E-state index is 11.9. The van der Waals surface area contributed by atoms with Crippen molar-refractivity contribution in [2.75, 3.05) is 13.1 Å². The van der Waals surface area contributed by atoms with Crippen molar-refractivity contribution in [2.45, 2.75) is 51.0 Å². The van der Waals surface area contributed by atoms with Crippen molar-refractivity contribution in [3.05, 3.63) is 0 Å². The molecule has 15 heavy (non-hydrogen) atoms. The van der Waals surface area contributed by atoms with E-state index in [4.69, 9.17) is 0 Å². The molecule has 0 spiro atoms. The van der Waals surface area contributed by atoms with Crippen LogP contribution in [0.2, 0.25) is 0 Å². The van der Waals surface area contributed by atoms with Gasteiger partial charge in [0, 0.05) is 19.5 Å². The van der Waals surface area contributed by atoms with Gasteiger partial charge in [-0.15, -0.1) is 0 Å². The molecule has 1 heterocycles. The van der Waals surface area contributed by atoms with Crippen LogP contribution >= 0.6 is 0 Å². The number of aliphatic hydroxyl groups excluding tert-OH is 1. The summed E-state index contributed by atoms with van der Waals surface area (Å²) in [6, 6.07) is 0. The van der Waals surface area contributed by atoms with Gasteiger partial charge in [0.05, 0.1) is 6.10 Å². The van der Waals surface area contributed by atoms with Crippen LogP contribution in [-0.2, 0) is 4.79 Å². The molecule has 0 radical (unpaired) electrons. The Morgan fingerprint density at radius 3 is 2.60 bits per heavy atom. The molecule has 2 aliphatic rings. The molecule has 1 saturated carbocycles. The Balaban J connectivity index is 1.78. The molecule has 1 atom stereocenters. The second-order valence-corrected chi connectivity index (χ2v) is 4.99. The van der Waals surface area contributed by atoms with Gasteiger partial charge in [-0.2, -0.15) is 0 Å². The van der Waals surface area contributed by atoms with Gasteiger partial charge in [0.2, 0.25) is 5.91 Å². The number of likely N-dealkylation sites (tertiary alicyclic amines) is 1. The Hall–Kier alpha value is -0.570. The van der Waals surface area contributed by atoms with Gasteiger partial charge >= 0.3 is 0 Å². The van der Waals surface area contributed by atoms with Crippen molar-refractivity contribution < 1.29 is 9.90 Å². The largest absolute Gasteiger partial charge is 0.391 e. The van der Waals surface area contributed by atoms with E-state index in [1.807, 2.05) is 4.90 Å². The van der Waals surface area contributed by atoms with Gasteiger partial charge in [-0.1, -0.05) is 12.8 Å². The maximum Gasteiger partial charge on any atom is 0.222 e. The highest BCUT2D eigenvalue weighted by molar-refractivity contribution is 5.76. The fourth-order valence-electron chi connectivity index (χ4n) is 2.77. The van der Waals surface area contributed by atoms with Crippen molar-refractivity contribution in [2.24, 2.45) is 5.92 Å². The summed E-state index contributed by atoms with van der Waals surface area (Å²) < 4.78 is 0. The molecule has 0 aromatic rings. The first kappa shape index (κ1) is 10.9. The van der Waals surface area contributed by atoms with Gasteiger partial charge in [-0.3, -0.25) is 4.79 Å². The number of aliphatic hydroxyl groups is 1. The van der Waals surface area contributed by atoms with E-state index in [-0.39, 0.29) is 12.0 Å². The average molecular weight is 211 g/mol. The Bertz CT molecular complexity index is 224. The zero-order valence-electron chi connectivity index (χ0n) is 9.32. The topological polar surface area (TPSA) is 40.5 Å². The summed E-state index contributed by atoms with van der Waals surface area (Å²) >= 11 is 0. The van der Waals surface area contributed by atoms with E-state index in [2.05, 4.69) is 0 Å². The monoisotopic (exact) mass is 211 g/mol. The number of nitrogens with zero attached hydrogens (tertiary/aromatic N) is 1. The van der Waals surface area contributed by atoms with Gasteiger partial charge in [-0.05, 0) is 31.6 Å². The molecule has 1 aliphatic carbocycles. The fraction of sp³-hybridized carbons (Fsp3) is 0.917. The van der Waals surface area contributed by atoms with Crippen LogP contribution in [0.5, 0.6) is 0 Å². The molecular weight excluding hydrogens is 190 g/mol. The molecule has 0 bridgehead atoms. The third kappa shape index (κ3) is 2.94. The molecule has 2 rings (SSSR count). The lowest BCUT2D eigenvalue weighted by molar-refractivity contribution is -0.135. The highest BCUT2D eigenvalue weighted by Gasteiger charge is 2.25. The number of carbonyl (C=O) groups is 1. The number of rotatable bonds is 2. The van der Waals surface area contributed by atoms with Crippen LogP contribution < -0.4 is 0 Å². The zero-order valence-corrected chi connectivity index (χ0v) is 9.32. The van der Waals surface area contributed by atoms with Gasteiger partial charge in [-0.25, -0.2) is 0 Å². The molecule has 1 N–H and O–H groups in total. The molecule has 0 aromatic carbocycles. The summed E-state index contributed by atoms with van der Waals surface area (Å²) in [5, 5.41) is 9.50. The lowest BCUT2D eigenvalue weighted by atomic mass is 10.0. The normalized spacial score (nSPS) is 28.3. The van der Waals surface area contributed by atoms with Crippen LogP contribution in [0.15, 0.2) is 0 Å². The van der Waals surface area contributed by atoms with Crippen LogP contribution in [0.4, 0.5) is 0 Å². The maximum atomic E-state index is 11.9. The van der Waals surface area contributed by atoms with E-state index >= 15 is 0 Å². The molecule has 2 fully saturated rings. The molecule has 3 heteroatoms. The van der Waals surface area contributed by atoms with E-state index in [1.54, 1.807) is 0 Å². The number of piperidine rings is 1. The standard InChI is InChI=1S/C12H21NO2/c14-11-6-3-7-13(9-11)12(15)8-10-4-1-2-5-10/h10-11,14H,1-9H2/t11-/m1/s1. The summed E-state index contributed by atoms with van der Waals surface area (Å²) in [6.45, 7) is 1.41. The molecule has 1 aliphatic heterocycles. The Morgan fingerprint density at radius 2 is 1.93 bits per heavy atom. The molecule has 1 saturated heterocycles. The minimum atomic E-state index is -0.286. The predicted molar refractivity (Wildman–Crippen MR) is 58.4 cm³/mol. The zero-order chi connectivity index (χ0) is 10.7. The number of hydrogen-bond acceptors (Lipinski definition) is 2. The Labute approximate surface area is 91.5 Å². The smallest absolute Gasteiger partial charge is 0.222 e. The number of amides is 1. The lowest BCUT2D eigenvalue weighted by Crippen LogP contribution is -2.42. The highest BCUT2D eigenvalue weighted by atomic mass is 16.3. The van der Waals surface area contributed by atoms with Gasteiger partial charge in [0.1, 0.15) is 0 Å². The predicted octanol–water partition coefficient (Wildman–Crippen LogP) is 1.55. The Kier molecular flexibility index (Phi) is 3.62. The summed E-state index contributed by atoms with van der Waals surface area (Å²) in [5.41, 5.74) is 0. The van der Waals surface area contributed by atoms with Crippen molar-refractivity contribution in [1.29, 1.82) is 0 Å². The van der Waals surface area contributed by atoms with Crippen molar-refractivity contribution in [1.82, 2.24) is 4.90 Å². The molecule has 86 valence electrons. The van der Waals surface area contributed by atoms with E-state index in [1.165, 1.54) is 25.7 Å². The minimum absolute atomic E-state index is 0.264. The van der Waals surface area contributed by atoms with Crippen LogP contribution in [0.25, 0.3) is 0 Å². The second-order valence-electron chi connectivity index (χ2n) is 4.99. The van der Waals surface area contributed by atoms with Crippen molar-refractivity contribution >= 4 is 5.91 Å². The summed E-state index contributed by atoms with van der Waals surface area (Å²) in [7, 11) is 0. The summed E-state index contributed by atoms with van der Waals surface area (Å²) in [5.74, 6) is 0.886. The first-order valence-electron chi connectivity index (χ1n) is 6.21. The number of hydrogen-bond donors (Lipinski definition) is 1. The van der Waals surface area contributed by atoms with Gasteiger partial charge in [0.25, 0.3) is 0 Å². The SMILES string of the molecule is O=C(CC1CCCC1)N1CCC[C@@H](O)C1. The van der Waals surface area contributed by atoms with Gasteiger partial charge in [0.15, 0.2) is 0 Å². The lowest BCUT2D eigenvalue weighted by Gasteiger charge is -2.30. The first-order valence-corrected chi connectivity index (χ1v) is 6.21. The Morgan fingerprint density at radius 1 is 1.20 bits per heavy atom. The first-order chi connectivity index (χ1) is 7.25. The van der Waals surface area contributed by atoms with Crippen molar-refractivity contribution in [3.63, 3.8) is 0 Å². The van der Waals surface area contributed by atoms with Crippen LogP contribution in [0.1, 0.15) is 44.9 Å². The number of carbonyl (C=O) groups excluding carboxylic acids is 1. The van der Waals surface area contributed by atoms with E-state index < -0.39 is 0 Å². The third-order valence-corrected chi connectivity index (χ3v) is 3.69. The van der Waals surface area contributed by atoms with Gasteiger partial charge < -0.3 is 10.0 Å². The molecule has 3 nitrogen and oxygen atoms in total. The van der Waals surface area contributed by atoms with Crippen LogP contribution in [0, 0.1) is 5.92 Å². The number of β-amino-alcohol motifs (C(OH)–C–C–N with tert-alkyl or cyclic N) is 1. The molecule has 0 unspecified atom stereocenters. The molecular formula is C12H21NO2. The minimum Gasteiger partial charge on any atom is -0.391 e. The van der Waals surface area contributed by atoms with Crippen LogP contribution in [0.3, 0.4) is 0 Å². The van der Waals surface area contributed by atoms with E-state index in [9.17, 15) is 9.90 Å². The third-order valence-electron chi connectivity index (χ3n) is 3.69. The van der Waals surface area contributed by atoms with E-state index in [0.29, 0.717) is 18.9 Å². The summed E-state index contributed by atoms with van der Waals surface area (Å²) in [4.78, 5) is 13.8. The van der Waals surface area contributed by atoms with E-state index in [0.717, 1.165) is 19.4 Å². The van der Waals surface area contributed by atoms with Crippen molar-refractivity contribution in [3.8, 4) is 0 Å². The quantitative estimate of drug-likeness (QED) is 0.753. The molecule has 0 aromatic heterocycles. The average Bonchev–Trinajstić information content (AvgIpc) is 2.70.